The van der Waals surface area contributed by atoms with Crippen LogP contribution in [-0.4, -0.2) is 28.8 Å². The summed E-state index contributed by atoms with van der Waals surface area (Å²) in [7, 11) is 0. The number of aromatic nitrogens is 2. The Bertz CT molecular complexity index is 1010. The van der Waals surface area contributed by atoms with Crippen LogP contribution in [0.5, 0.6) is 0 Å². The van der Waals surface area contributed by atoms with Crippen LogP contribution in [-0.2, 0) is 6.54 Å². The van der Waals surface area contributed by atoms with Gasteiger partial charge in [-0.2, -0.15) is 5.10 Å². The maximum Gasteiger partial charge on any atom is 0.255 e. The van der Waals surface area contributed by atoms with Crippen LogP contribution in [0, 0.1) is 19.8 Å². The fourth-order valence-corrected chi connectivity index (χ4v) is 3.95. The van der Waals surface area contributed by atoms with E-state index in [-0.39, 0.29) is 5.91 Å². The fraction of sp³-hybridized carbons (Fsp3) is 0.333. The highest BCUT2D eigenvalue weighted by Gasteiger charge is 2.18. The number of rotatable bonds is 5. The molecule has 4 rings (SSSR count). The number of aryl methyl sites for hydroxylation is 2. The van der Waals surface area contributed by atoms with Crippen LogP contribution >= 0.6 is 0 Å². The quantitative estimate of drug-likeness (QED) is 0.692. The van der Waals surface area contributed by atoms with Gasteiger partial charge in [0, 0.05) is 35.7 Å². The second-order valence-electron chi connectivity index (χ2n) is 8.13. The lowest BCUT2D eigenvalue weighted by Gasteiger charge is -2.18. The van der Waals surface area contributed by atoms with Crippen molar-refractivity contribution in [1.29, 1.82) is 0 Å². The number of carbonyl (C=O) groups excluding carboxylic acids is 1. The molecule has 1 aliphatic heterocycles. The number of carbonyl (C=O) groups is 1. The summed E-state index contributed by atoms with van der Waals surface area (Å²) in [5.74, 6) is 0.652. The molecular weight excluding hydrogens is 360 g/mol. The van der Waals surface area contributed by atoms with Crippen LogP contribution in [0.25, 0.3) is 0 Å². The van der Waals surface area contributed by atoms with E-state index < -0.39 is 0 Å². The van der Waals surface area contributed by atoms with E-state index in [2.05, 4.69) is 40.4 Å². The summed E-state index contributed by atoms with van der Waals surface area (Å²) in [5, 5.41) is 7.52. The van der Waals surface area contributed by atoms with Crippen LogP contribution in [0.15, 0.2) is 54.6 Å². The van der Waals surface area contributed by atoms with Crippen molar-refractivity contribution >= 4 is 17.3 Å². The predicted octanol–water partition coefficient (Wildman–Crippen LogP) is 4.65. The van der Waals surface area contributed by atoms with E-state index in [1.807, 2.05) is 54.9 Å². The Morgan fingerprint density at radius 1 is 1.14 bits per heavy atom. The highest BCUT2D eigenvalue weighted by Crippen LogP contribution is 2.25. The van der Waals surface area contributed by atoms with Crippen molar-refractivity contribution in [3.05, 3.63) is 77.1 Å². The molecule has 0 aliphatic carbocycles. The Balaban J connectivity index is 1.42. The van der Waals surface area contributed by atoms with Gasteiger partial charge in [0.25, 0.3) is 5.91 Å². The van der Waals surface area contributed by atoms with Crippen molar-refractivity contribution in [2.75, 3.05) is 23.3 Å². The molecule has 2 heterocycles. The number of hydrogen-bond donors (Lipinski definition) is 1. The number of benzene rings is 2. The van der Waals surface area contributed by atoms with Crippen LogP contribution in [0.3, 0.4) is 0 Å². The summed E-state index contributed by atoms with van der Waals surface area (Å²) in [4.78, 5) is 15.1. The van der Waals surface area contributed by atoms with Gasteiger partial charge < -0.3 is 10.2 Å². The first-order valence-electron chi connectivity index (χ1n) is 10.2. The average molecular weight is 389 g/mol. The number of hydrogen-bond acceptors (Lipinski definition) is 3. The molecule has 3 aromatic rings. The second kappa shape index (κ2) is 8.11. The first kappa shape index (κ1) is 19.2. The third-order valence-electron chi connectivity index (χ3n) is 5.54. The molecule has 0 saturated carbocycles. The molecule has 1 aromatic heterocycles. The summed E-state index contributed by atoms with van der Waals surface area (Å²) in [6.07, 6.45) is 1.24. The van der Waals surface area contributed by atoms with E-state index in [1.165, 1.54) is 12.1 Å². The first-order valence-corrected chi connectivity index (χ1v) is 10.2. The van der Waals surface area contributed by atoms with E-state index in [0.29, 0.717) is 12.1 Å². The molecule has 1 N–H and O–H groups in total. The van der Waals surface area contributed by atoms with Gasteiger partial charge in [0.1, 0.15) is 0 Å². The van der Waals surface area contributed by atoms with Crippen molar-refractivity contribution in [2.24, 2.45) is 5.92 Å². The normalized spacial score (nSPS) is 16.2. The molecule has 0 spiro atoms. The van der Waals surface area contributed by atoms with Gasteiger partial charge in [-0.3, -0.25) is 9.48 Å². The number of nitrogens with zero attached hydrogens (tertiary/aromatic N) is 3. The lowest BCUT2D eigenvalue weighted by molar-refractivity contribution is 0.102. The third kappa shape index (κ3) is 4.50. The van der Waals surface area contributed by atoms with Crippen molar-refractivity contribution in [3.8, 4) is 0 Å². The maximum absolute atomic E-state index is 12.7. The lowest BCUT2D eigenvalue weighted by atomic mass is 10.1. The SMILES string of the molecule is Cc1cc(C)n(Cc2cccc(C(=O)Nc3ccc(N4CCC(C)C4)cc3)c2)n1. The summed E-state index contributed by atoms with van der Waals surface area (Å²) in [6.45, 7) is 9.19. The molecule has 0 bridgehead atoms. The second-order valence-corrected chi connectivity index (χ2v) is 8.13. The molecule has 5 nitrogen and oxygen atoms in total. The Hall–Kier alpha value is -3.08. The standard InChI is InChI=1S/C24H28N4O/c1-17-11-12-27(15-17)23-9-7-22(8-10-23)25-24(29)21-6-4-5-20(14-21)16-28-19(3)13-18(2)26-28/h4-10,13-14,17H,11-12,15-16H2,1-3H3,(H,25,29). The molecule has 2 aromatic carbocycles. The highest BCUT2D eigenvalue weighted by molar-refractivity contribution is 6.04. The van der Waals surface area contributed by atoms with Gasteiger partial charge in [-0.05, 0) is 74.2 Å². The van der Waals surface area contributed by atoms with Gasteiger partial charge in [0.15, 0.2) is 0 Å². The largest absolute Gasteiger partial charge is 0.371 e. The molecule has 1 atom stereocenters. The van der Waals surface area contributed by atoms with E-state index >= 15 is 0 Å². The maximum atomic E-state index is 12.7. The zero-order valence-electron chi connectivity index (χ0n) is 17.4. The molecule has 1 saturated heterocycles. The van der Waals surface area contributed by atoms with Crippen LogP contribution in [0.2, 0.25) is 0 Å². The fourth-order valence-electron chi connectivity index (χ4n) is 3.95. The smallest absolute Gasteiger partial charge is 0.255 e. The Morgan fingerprint density at radius 3 is 2.59 bits per heavy atom. The van der Waals surface area contributed by atoms with Crippen LogP contribution in [0.4, 0.5) is 11.4 Å². The van der Waals surface area contributed by atoms with Gasteiger partial charge in [-0.1, -0.05) is 19.1 Å². The predicted molar refractivity (Wildman–Crippen MR) is 118 cm³/mol. The number of amides is 1. The van der Waals surface area contributed by atoms with E-state index in [4.69, 9.17) is 0 Å². The molecule has 1 amide bonds. The van der Waals surface area contributed by atoms with Gasteiger partial charge in [-0.15, -0.1) is 0 Å². The van der Waals surface area contributed by atoms with Crippen molar-refractivity contribution < 1.29 is 4.79 Å². The minimum absolute atomic E-state index is 0.0947. The monoisotopic (exact) mass is 388 g/mol. The number of anilines is 2. The Kier molecular flexibility index (Phi) is 5.38. The lowest BCUT2D eigenvalue weighted by Crippen LogP contribution is -2.19. The topological polar surface area (TPSA) is 50.2 Å². The molecule has 1 aliphatic rings. The zero-order valence-corrected chi connectivity index (χ0v) is 17.4. The van der Waals surface area contributed by atoms with Crippen molar-refractivity contribution in [2.45, 2.75) is 33.7 Å². The van der Waals surface area contributed by atoms with Crippen molar-refractivity contribution in [3.63, 3.8) is 0 Å². The molecule has 29 heavy (non-hydrogen) atoms. The molecule has 150 valence electrons. The number of nitrogens with one attached hydrogen (secondary N) is 1. The molecule has 5 heteroatoms. The van der Waals surface area contributed by atoms with E-state index in [9.17, 15) is 4.79 Å². The van der Waals surface area contributed by atoms with Crippen LogP contribution < -0.4 is 10.2 Å². The van der Waals surface area contributed by atoms with Gasteiger partial charge in [-0.25, -0.2) is 0 Å². The molecular formula is C24H28N4O. The van der Waals surface area contributed by atoms with Gasteiger partial charge >= 0.3 is 0 Å². The van der Waals surface area contributed by atoms with Crippen LogP contribution in [0.1, 0.15) is 40.7 Å². The molecule has 1 unspecified atom stereocenters. The Morgan fingerprint density at radius 2 is 1.93 bits per heavy atom. The zero-order chi connectivity index (χ0) is 20.4. The minimum atomic E-state index is -0.0947. The third-order valence-corrected chi connectivity index (χ3v) is 5.54. The first-order chi connectivity index (χ1) is 14.0. The highest BCUT2D eigenvalue weighted by atomic mass is 16.1. The van der Waals surface area contributed by atoms with Gasteiger partial charge in [0.05, 0.1) is 12.2 Å². The van der Waals surface area contributed by atoms with E-state index in [1.54, 1.807) is 0 Å². The molecule has 0 radical (unpaired) electrons. The average Bonchev–Trinajstić information content (AvgIpc) is 3.27. The summed E-state index contributed by atoms with van der Waals surface area (Å²) < 4.78 is 1.96. The summed E-state index contributed by atoms with van der Waals surface area (Å²) in [5.41, 5.74) is 5.87. The summed E-state index contributed by atoms with van der Waals surface area (Å²) >= 11 is 0. The minimum Gasteiger partial charge on any atom is -0.371 e. The van der Waals surface area contributed by atoms with Gasteiger partial charge in [0.2, 0.25) is 0 Å². The summed E-state index contributed by atoms with van der Waals surface area (Å²) in [6, 6.07) is 17.9. The Labute approximate surface area is 172 Å². The van der Waals surface area contributed by atoms with E-state index in [0.717, 1.165) is 41.6 Å². The molecule has 1 fully saturated rings. The van der Waals surface area contributed by atoms with Crippen molar-refractivity contribution in [1.82, 2.24) is 9.78 Å².